The number of anilines is 1. The van der Waals surface area contributed by atoms with Gasteiger partial charge in [-0.2, -0.15) is 0 Å². The van der Waals surface area contributed by atoms with Crippen molar-refractivity contribution >= 4 is 17.0 Å². The van der Waals surface area contributed by atoms with E-state index in [1.807, 2.05) is 6.07 Å². The average Bonchev–Trinajstić information content (AvgIpc) is 3.48. The van der Waals surface area contributed by atoms with Gasteiger partial charge < -0.3 is 14.6 Å². The number of H-pyrrole nitrogens is 1. The third-order valence-corrected chi connectivity index (χ3v) is 9.46. The molecule has 3 aromatic heterocycles. The van der Waals surface area contributed by atoms with Crippen molar-refractivity contribution in [1.29, 1.82) is 0 Å². The first-order valence-electron chi connectivity index (χ1n) is 14.8. The standard InChI is InChI=1S/C30H37N7O3/c1-18-11-13-20(14-12-18)17-37-23-24(31-19(2)21-7-6-8-21)32-26(27-35-29(38)40-36-27)33-25(23)34-28(37)30(15-16-39-30)22-9-4-3-5-10-22/h3-5,9-10,18-21H,6-8,11-17H2,1-2H3,(H,31,32,33)(H,35,36,38). The molecule has 3 fully saturated rings. The number of hydrogen-bond donors (Lipinski definition) is 2. The number of fused-ring (bicyclic) bond motifs is 1. The van der Waals surface area contributed by atoms with Crippen LogP contribution >= 0.6 is 0 Å². The van der Waals surface area contributed by atoms with Crippen molar-refractivity contribution < 1.29 is 9.26 Å². The van der Waals surface area contributed by atoms with Crippen molar-refractivity contribution in [1.82, 2.24) is 29.7 Å². The molecule has 0 spiro atoms. The van der Waals surface area contributed by atoms with Gasteiger partial charge in [0.2, 0.25) is 11.6 Å². The minimum atomic E-state index is -0.639. The number of rotatable bonds is 8. The maximum absolute atomic E-state index is 11.8. The lowest BCUT2D eigenvalue weighted by Gasteiger charge is -2.42. The first-order valence-corrected chi connectivity index (χ1v) is 14.8. The van der Waals surface area contributed by atoms with E-state index in [0.29, 0.717) is 29.9 Å². The second-order valence-corrected chi connectivity index (χ2v) is 12.1. The monoisotopic (exact) mass is 543 g/mol. The third kappa shape index (κ3) is 4.42. The zero-order valence-electron chi connectivity index (χ0n) is 23.2. The second kappa shape index (κ2) is 10.1. The summed E-state index contributed by atoms with van der Waals surface area (Å²) in [5, 5.41) is 7.60. The molecule has 2 atom stereocenters. The van der Waals surface area contributed by atoms with Crippen LogP contribution in [0.25, 0.3) is 22.8 Å². The predicted octanol–water partition coefficient (Wildman–Crippen LogP) is 5.26. The maximum Gasteiger partial charge on any atom is 0.439 e. The summed E-state index contributed by atoms with van der Waals surface area (Å²) in [7, 11) is 0. The summed E-state index contributed by atoms with van der Waals surface area (Å²) in [6.45, 7) is 6.10. The number of aromatic nitrogens is 6. The molecule has 3 aliphatic rings. The number of nitrogens with zero attached hydrogens (tertiary/aromatic N) is 5. The smallest absolute Gasteiger partial charge is 0.365 e. The van der Waals surface area contributed by atoms with E-state index >= 15 is 0 Å². The molecule has 0 radical (unpaired) electrons. The first kappa shape index (κ1) is 25.4. The van der Waals surface area contributed by atoms with E-state index in [2.05, 4.69) is 58.1 Å². The van der Waals surface area contributed by atoms with E-state index in [1.54, 1.807) is 0 Å². The molecule has 2 saturated carbocycles. The van der Waals surface area contributed by atoms with Gasteiger partial charge in [-0.3, -0.25) is 9.51 Å². The molecule has 0 bridgehead atoms. The van der Waals surface area contributed by atoms with Crippen molar-refractivity contribution in [3.8, 4) is 11.6 Å². The van der Waals surface area contributed by atoms with Crippen molar-refractivity contribution in [3.63, 3.8) is 0 Å². The number of ether oxygens (including phenoxy) is 1. The Hall–Kier alpha value is -3.53. The number of hydrogen-bond acceptors (Lipinski definition) is 8. The van der Waals surface area contributed by atoms with E-state index in [-0.39, 0.29) is 17.7 Å². The molecule has 1 aliphatic heterocycles. The molecule has 2 aliphatic carbocycles. The van der Waals surface area contributed by atoms with E-state index in [0.717, 1.165) is 35.8 Å². The SMILES string of the molecule is CC1CCC(Cn2c(C3(c4ccccc4)CCO3)nc3nc(-c4noc(=O)[nH]4)nc(NC(C)C4CCC4)c32)CC1. The van der Waals surface area contributed by atoms with Gasteiger partial charge in [-0.25, -0.2) is 19.7 Å². The largest absolute Gasteiger partial charge is 0.439 e. The molecule has 10 nitrogen and oxygen atoms in total. The lowest BCUT2D eigenvalue weighted by Crippen LogP contribution is -2.44. The molecule has 2 unspecified atom stereocenters. The Balaban J connectivity index is 1.41. The zero-order chi connectivity index (χ0) is 27.3. The molecule has 1 aromatic carbocycles. The summed E-state index contributed by atoms with van der Waals surface area (Å²) in [4.78, 5) is 29.3. The highest BCUT2D eigenvalue weighted by atomic mass is 16.5. The molecule has 4 heterocycles. The van der Waals surface area contributed by atoms with Gasteiger partial charge in [0, 0.05) is 19.0 Å². The van der Waals surface area contributed by atoms with Gasteiger partial charge in [0.15, 0.2) is 17.1 Å². The Bertz CT molecular complexity index is 1540. The van der Waals surface area contributed by atoms with Crippen molar-refractivity contribution in [3.05, 3.63) is 52.3 Å². The van der Waals surface area contributed by atoms with Crippen LogP contribution in [0.5, 0.6) is 0 Å². The normalized spacial score (nSPS) is 25.9. The number of aromatic amines is 1. The molecule has 0 amide bonds. The van der Waals surface area contributed by atoms with Crippen LogP contribution in [0.1, 0.15) is 76.6 Å². The molecule has 2 N–H and O–H groups in total. The number of benzene rings is 1. The van der Waals surface area contributed by atoms with Crippen LogP contribution in [0.4, 0.5) is 5.82 Å². The Morgan fingerprint density at radius 1 is 1.10 bits per heavy atom. The van der Waals surface area contributed by atoms with Crippen molar-refractivity contribution in [2.45, 2.75) is 83.4 Å². The van der Waals surface area contributed by atoms with Gasteiger partial charge in [0.1, 0.15) is 11.3 Å². The van der Waals surface area contributed by atoms with E-state index in [4.69, 9.17) is 24.2 Å². The van der Waals surface area contributed by atoms with Gasteiger partial charge in [-0.05, 0) is 55.9 Å². The molecule has 4 aromatic rings. The van der Waals surface area contributed by atoms with Gasteiger partial charge in [0.25, 0.3) is 0 Å². The highest BCUT2D eigenvalue weighted by molar-refractivity contribution is 5.86. The Morgan fingerprint density at radius 3 is 2.50 bits per heavy atom. The fraction of sp³-hybridized carbons (Fsp3) is 0.567. The van der Waals surface area contributed by atoms with Crippen LogP contribution in [0, 0.1) is 17.8 Å². The summed E-state index contributed by atoms with van der Waals surface area (Å²) in [5.41, 5.74) is 1.92. The Morgan fingerprint density at radius 2 is 1.88 bits per heavy atom. The lowest BCUT2D eigenvalue weighted by molar-refractivity contribution is -0.131. The molecular weight excluding hydrogens is 506 g/mol. The highest BCUT2D eigenvalue weighted by Gasteiger charge is 2.47. The summed E-state index contributed by atoms with van der Waals surface area (Å²) < 4.78 is 13.6. The van der Waals surface area contributed by atoms with Crippen LogP contribution in [0.15, 0.2) is 39.6 Å². The number of nitrogens with one attached hydrogen (secondary N) is 2. The highest BCUT2D eigenvalue weighted by Crippen LogP contribution is 2.45. The summed E-state index contributed by atoms with van der Waals surface area (Å²) in [6, 6.07) is 10.6. The fourth-order valence-corrected chi connectivity index (χ4v) is 6.64. The molecule has 210 valence electrons. The Labute approximate surface area is 233 Å². The van der Waals surface area contributed by atoms with Crippen LogP contribution in [0.3, 0.4) is 0 Å². The van der Waals surface area contributed by atoms with E-state index in [9.17, 15) is 4.79 Å². The van der Waals surface area contributed by atoms with Crippen molar-refractivity contribution in [2.75, 3.05) is 11.9 Å². The van der Waals surface area contributed by atoms with Gasteiger partial charge in [0.05, 0.1) is 6.61 Å². The molecule has 40 heavy (non-hydrogen) atoms. The summed E-state index contributed by atoms with van der Waals surface area (Å²) in [6.07, 6.45) is 9.41. The summed E-state index contributed by atoms with van der Waals surface area (Å²) >= 11 is 0. The van der Waals surface area contributed by atoms with Gasteiger partial charge >= 0.3 is 5.76 Å². The van der Waals surface area contributed by atoms with Gasteiger partial charge in [-0.15, -0.1) is 0 Å². The predicted molar refractivity (Wildman–Crippen MR) is 151 cm³/mol. The maximum atomic E-state index is 11.8. The van der Waals surface area contributed by atoms with Crippen molar-refractivity contribution in [2.24, 2.45) is 17.8 Å². The second-order valence-electron chi connectivity index (χ2n) is 12.1. The Kier molecular flexibility index (Phi) is 6.45. The first-order chi connectivity index (χ1) is 19.5. The minimum Gasteiger partial charge on any atom is -0.365 e. The molecule has 10 heteroatoms. The van der Waals surface area contributed by atoms with Crippen LogP contribution < -0.4 is 11.1 Å². The van der Waals surface area contributed by atoms with E-state index < -0.39 is 11.4 Å². The topological polar surface area (TPSA) is 124 Å². The molecule has 7 rings (SSSR count). The molecule has 1 saturated heterocycles. The van der Waals surface area contributed by atoms with Crippen LogP contribution in [-0.4, -0.2) is 42.3 Å². The lowest BCUT2D eigenvalue weighted by atomic mass is 9.80. The van der Waals surface area contributed by atoms with E-state index in [1.165, 1.54) is 44.9 Å². The van der Waals surface area contributed by atoms with Crippen LogP contribution in [-0.2, 0) is 16.9 Å². The minimum absolute atomic E-state index is 0.196. The van der Waals surface area contributed by atoms with Gasteiger partial charge in [-0.1, -0.05) is 61.7 Å². The summed E-state index contributed by atoms with van der Waals surface area (Å²) in [5.74, 6) is 3.35. The zero-order valence-corrected chi connectivity index (χ0v) is 23.2. The third-order valence-electron chi connectivity index (χ3n) is 9.46. The fourth-order valence-electron chi connectivity index (χ4n) is 6.64. The molecular formula is C30H37N7O3. The van der Waals surface area contributed by atoms with Crippen LogP contribution in [0.2, 0.25) is 0 Å². The number of imidazole rings is 1. The quantitative estimate of drug-likeness (QED) is 0.308. The average molecular weight is 544 g/mol.